The lowest BCUT2D eigenvalue weighted by molar-refractivity contribution is -0.139. The fraction of sp³-hybridized carbons (Fsp3) is 0.304. The smallest absolute Gasteiger partial charge is 0.419 e. The van der Waals surface area contributed by atoms with Crippen LogP contribution in [0.25, 0.3) is 11.1 Å². The van der Waals surface area contributed by atoms with E-state index < -0.39 is 33.6 Å². The average Bonchev–Trinajstić information content (AvgIpc) is 3.38. The van der Waals surface area contributed by atoms with Crippen LogP contribution in [-0.4, -0.2) is 45.8 Å². The molecule has 1 atom stereocenters. The normalized spacial score (nSPS) is 17.0. The largest absolute Gasteiger partial charge is 0.488 e. The van der Waals surface area contributed by atoms with Crippen molar-refractivity contribution in [2.45, 2.75) is 27.8 Å². The van der Waals surface area contributed by atoms with E-state index in [1.54, 1.807) is 11.8 Å². The van der Waals surface area contributed by atoms with Crippen LogP contribution in [-0.2, 0) is 16.2 Å². The zero-order chi connectivity index (χ0) is 25.4. The number of halogens is 4. The second-order valence-corrected chi connectivity index (χ2v) is 12.5. The van der Waals surface area contributed by atoms with E-state index in [-0.39, 0.29) is 9.90 Å². The van der Waals surface area contributed by atoms with Gasteiger partial charge in [0.25, 0.3) is 10.0 Å². The molecule has 12 heteroatoms. The van der Waals surface area contributed by atoms with Crippen molar-refractivity contribution >= 4 is 50.4 Å². The van der Waals surface area contributed by atoms with Gasteiger partial charge in [0.1, 0.15) is 20.4 Å². The summed E-state index contributed by atoms with van der Waals surface area (Å²) in [4.78, 5) is 3.01. The second kappa shape index (κ2) is 10.2. The number of likely N-dealkylation sites (tertiary alicyclic amines) is 1. The van der Waals surface area contributed by atoms with Crippen LogP contribution < -0.4 is 9.46 Å². The zero-order valence-corrected chi connectivity index (χ0v) is 21.9. The Morgan fingerprint density at radius 3 is 2.49 bits per heavy atom. The van der Waals surface area contributed by atoms with Gasteiger partial charge in [0.15, 0.2) is 0 Å². The first-order chi connectivity index (χ1) is 16.5. The van der Waals surface area contributed by atoms with E-state index in [1.807, 2.05) is 42.5 Å². The van der Waals surface area contributed by atoms with E-state index >= 15 is 0 Å². The number of likely N-dealkylation sites (N-methyl/N-ethyl adjacent to an activating group) is 1. The number of hydrogen-bond donors (Lipinski definition) is 1. The highest BCUT2D eigenvalue weighted by Gasteiger charge is 2.36. The summed E-state index contributed by atoms with van der Waals surface area (Å²) in [5.74, 6) is -0.406. The van der Waals surface area contributed by atoms with Gasteiger partial charge in [0.2, 0.25) is 0 Å². The summed E-state index contributed by atoms with van der Waals surface area (Å²) in [6.07, 6.45) is -2.52. The molecule has 0 saturated carbocycles. The Balaban J connectivity index is 1.61. The Labute approximate surface area is 215 Å². The minimum Gasteiger partial charge on any atom is -0.488 e. The molecule has 1 aliphatic heterocycles. The van der Waals surface area contributed by atoms with Crippen LogP contribution in [0, 0.1) is 0 Å². The highest BCUT2D eigenvalue weighted by molar-refractivity contribution is 7.98. The number of benzene rings is 2. The van der Waals surface area contributed by atoms with Crippen LogP contribution >= 0.6 is 34.7 Å². The van der Waals surface area contributed by atoms with E-state index in [4.69, 9.17) is 16.3 Å². The summed E-state index contributed by atoms with van der Waals surface area (Å²) in [6.45, 7) is 1.20. The van der Waals surface area contributed by atoms with Gasteiger partial charge in [-0.2, -0.15) is 13.2 Å². The first-order valence-corrected chi connectivity index (χ1v) is 14.4. The van der Waals surface area contributed by atoms with Crippen molar-refractivity contribution in [3.8, 4) is 16.9 Å². The lowest BCUT2D eigenvalue weighted by Crippen LogP contribution is -2.23. The molecule has 0 bridgehead atoms. The van der Waals surface area contributed by atoms with Gasteiger partial charge in [-0.3, -0.25) is 4.72 Å². The number of thioether (sulfide) groups is 1. The minimum atomic E-state index is -4.64. The number of ether oxygens (including phenoxy) is 1. The topological polar surface area (TPSA) is 58.6 Å². The highest BCUT2D eigenvalue weighted by atomic mass is 35.5. The first-order valence-electron chi connectivity index (χ1n) is 10.5. The van der Waals surface area contributed by atoms with Crippen LogP contribution in [0.15, 0.2) is 57.6 Å². The Morgan fingerprint density at radius 1 is 1.17 bits per heavy atom. The molecule has 5 nitrogen and oxygen atoms in total. The van der Waals surface area contributed by atoms with E-state index in [1.165, 1.54) is 6.07 Å². The molecule has 2 aromatic carbocycles. The van der Waals surface area contributed by atoms with Gasteiger partial charge < -0.3 is 9.64 Å². The predicted octanol–water partition coefficient (Wildman–Crippen LogP) is 6.69. The van der Waals surface area contributed by atoms with Crippen LogP contribution in [0.1, 0.15) is 12.0 Å². The quantitative estimate of drug-likeness (QED) is 0.325. The number of nitrogens with zero attached hydrogens (tertiary/aromatic N) is 1. The van der Waals surface area contributed by atoms with E-state index in [0.717, 1.165) is 40.0 Å². The van der Waals surface area contributed by atoms with Gasteiger partial charge in [-0.1, -0.05) is 23.7 Å². The molecule has 0 aliphatic carbocycles. The van der Waals surface area contributed by atoms with Crippen molar-refractivity contribution in [3.05, 3.63) is 58.4 Å². The molecule has 0 radical (unpaired) electrons. The fourth-order valence-corrected chi connectivity index (χ4v) is 6.96. The summed E-state index contributed by atoms with van der Waals surface area (Å²) < 4.78 is 75.0. The van der Waals surface area contributed by atoms with E-state index in [0.29, 0.717) is 29.4 Å². The number of rotatable bonds is 7. The van der Waals surface area contributed by atoms with Crippen molar-refractivity contribution in [1.29, 1.82) is 0 Å². The Morgan fingerprint density at radius 2 is 1.89 bits per heavy atom. The van der Waals surface area contributed by atoms with Crippen molar-refractivity contribution in [2.24, 2.45) is 0 Å². The van der Waals surface area contributed by atoms with Gasteiger partial charge >= 0.3 is 6.18 Å². The van der Waals surface area contributed by atoms with Gasteiger partial charge in [-0.05, 0) is 55.6 Å². The number of nitrogens with one attached hydrogen (secondary N) is 1. The maximum absolute atomic E-state index is 13.5. The van der Waals surface area contributed by atoms with Crippen molar-refractivity contribution in [3.63, 3.8) is 0 Å². The number of sulfonamides is 1. The SMILES string of the molecule is CSc1ccc(-c2cc(S(=O)(=O)Nc3ccc(C(F)(F)F)c(OC4CCN(C)C4)c3)sc2Cl)cc1. The molecule has 1 fully saturated rings. The first kappa shape index (κ1) is 26.2. The molecule has 188 valence electrons. The molecule has 4 rings (SSSR count). The third-order valence-corrected chi connectivity index (χ3v) is 9.47. The molecular weight excluding hydrogens is 541 g/mol. The number of anilines is 1. The predicted molar refractivity (Wildman–Crippen MR) is 135 cm³/mol. The summed E-state index contributed by atoms with van der Waals surface area (Å²) in [6, 6.07) is 12.0. The minimum absolute atomic E-state index is 0.0326. The zero-order valence-electron chi connectivity index (χ0n) is 18.7. The fourth-order valence-electron chi connectivity index (χ4n) is 3.74. The van der Waals surface area contributed by atoms with Gasteiger partial charge in [-0.15, -0.1) is 23.1 Å². The van der Waals surface area contributed by atoms with Gasteiger partial charge in [0.05, 0.1) is 11.3 Å². The lowest BCUT2D eigenvalue weighted by atomic mass is 10.1. The molecule has 1 aromatic heterocycles. The maximum Gasteiger partial charge on any atom is 0.419 e. The molecule has 35 heavy (non-hydrogen) atoms. The number of hydrogen-bond acceptors (Lipinski definition) is 6. The van der Waals surface area contributed by atoms with E-state index in [9.17, 15) is 21.6 Å². The summed E-state index contributed by atoms with van der Waals surface area (Å²) in [5, 5.41) is 0. The van der Waals surface area contributed by atoms with Crippen LogP contribution in [0.4, 0.5) is 18.9 Å². The molecule has 1 saturated heterocycles. The van der Waals surface area contributed by atoms with Crippen molar-refractivity contribution in [2.75, 3.05) is 31.1 Å². The summed E-state index contributed by atoms with van der Waals surface area (Å²) >= 11 is 8.80. The molecule has 1 N–H and O–H groups in total. The van der Waals surface area contributed by atoms with Crippen LogP contribution in [0.3, 0.4) is 0 Å². The molecular formula is C23H22ClF3N2O3S3. The van der Waals surface area contributed by atoms with E-state index in [2.05, 4.69) is 4.72 Å². The standard InChI is InChI=1S/C23H22ClF3N2O3S3/c1-29-10-9-16(13-29)32-20-11-15(5-8-19(20)23(25,26)27)28-35(30,31)21-12-18(22(24)34-21)14-3-6-17(33-2)7-4-14/h3-8,11-12,16,28H,9-10,13H2,1-2H3. The number of alkyl halides is 3. The monoisotopic (exact) mass is 562 g/mol. The third kappa shape index (κ3) is 6.08. The average molecular weight is 563 g/mol. The molecule has 1 unspecified atom stereocenters. The van der Waals surface area contributed by atoms with Crippen molar-refractivity contribution < 1.29 is 26.3 Å². The maximum atomic E-state index is 13.5. The molecule has 0 amide bonds. The second-order valence-electron chi connectivity index (χ2n) is 8.09. The molecule has 3 aromatic rings. The Bertz CT molecular complexity index is 1310. The third-order valence-electron chi connectivity index (χ3n) is 5.51. The Hall–Kier alpha value is -1.92. The lowest BCUT2D eigenvalue weighted by Gasteiger charge is -2.19. The van der Waals surface area contributed by atoms with Gasteiger partial charge in [0, 0.05) is 29.6 Å². The van der Waals surface area contributed by atoms with Crippen LogP contribution in [0.2, 0.25) is 4.34 Å². The van der Waals surface area contributed by atoms with Crippen molar-refractivity contribution in [1.82, 2.24) is 4.90 Å². The van der Waals surface area contributed by atoms with Gasteiger partial charge in [-0.25, -0.2) is 8.42 Å². The molecule has 1 aliphatic rings. The summed E-state index contributed by atoms with van der Waals surface area (Å²) in [7, 11) is -2.24. The summed E-state index contributed by atoms with van der Waals surface area (Å²) in [5.41, 5.74) is 0.337. The number of thiophene rings is 1. The Kier molecular flexibility index (Phi) is 7.63. The molecule has 0 spiro atoms. The van der Waals surface area contributed by atoms with Crippen LogP contribution in [0.5, 0.6) is 5.75 Å². The molecule has 2 heterocycles. The highest BCUT2D eigenvalue weighted by Crippen LogP contribution is 2.41.